The molecule has 5 atom stereocenters. The van der Waals surface area contributed by atoms with Crippen LogP contribution in [0.4, 0.5) is 11.4 Å². The van der Waals surface area contributed by atoms with E-state index in [-0.39, 0.29) is 47.3 Å². The van der Waals surface area contributed by atoms with Crippen molar-refractivity contribution >= 4 is 41.0 Å². The predicted molar refractivity (Wildman–Crippen MR) is 119 cm³/mol. The number of benzene rings is 1. The molecule has 3 fully saturated rings. The van der Waals surface area contributed by atoms with Crippen molar-refractivity contribution in [1.29, 1.82) is 0 Å². The van der Waals surface area contributed by atoms with Crippen LogP contribution in [-0.2, 0) is 28.7 Å². The zero-order valence-corrected chi connectivity index (χ0v) is 19.0. The Hall–Kier alpha value is -3.23. The Bertz CT molecular complexity index is 960. The van der Waals surface area contributed by atoms with Gasteiger partial charge >= 0.3 is 5.97 Å². The van der Waals surface area contributed by atoms with Crippen molar-refractivity contribution in [2.24, 2.45) is 29.6 Å². The van der Waals surface area contributed by atoms with Gasteiger partial charge in [0.15, 0.2) is 6.61 Å². The Balaban J connectivity index is 1.36. The van der Waals surface area contributed by atoms with Crippen molar-refractivity contribution in [3.63, 3.8) is 0 Å². The molecule has 1 aromatic carbocycles. The fourth-order valence-corrected chi connectivity index (χ4v) is 5.64. The summed E-state index contributed by atoms with van der Waals surface area (Å²) in [5.74, 6) is -2.55. The number of rotatable bonds is 7. The summed E-state index contributed by atoms with van der Waals surface area (Å²) in [7, 11) is 0. The Morgan fingerprint density at radius 1 is 0.970 bits per heavy atom. The molecule has 9 heteroatoms. The molecule has 2 saturated carbocycles. The van der Waals surface area contributed by atoms with Gasteiger partial charge in [0, 0.05) is 18.3 Å². The maximum atomic E-state index is 13.1. The third kappa shape index (κ3) is 4.36. The normalized spacial score (nSPS) is 26.4. The fourth-order valence-electron chi connectivity index (χ4n) is 5.64. The van der Waals surface area contributed by atoms with Crippen LogP contribution in [0.5, 0.6) is 0 Å². The minimum absolute atomic E-state index is 0.204. The number of ether oxygens (including phenoxy) is 1. The zero-order chi connectivity index (χ0) is 23.9. The SMILES string of the molecule is CC(=O)Nc1ccc(NC(=O)COC(=O)[C@H](C(C)C)N2C(=O)[C@H]3[C@H]4CC[C@@H](C4)[C@@H]3C2=O)cc1. The van der Waals surface area contributed by atoms with Crippen molar-refractivity contribution < 1.29 is 28.7 Å². The van der Waals surface area contributed by atoms with Crippen LogP contribution in [0, 0.1) is 29.6 Å². The van der Waals surface area contributed by atoms with Crippen LogP contribution in [0.15, 0.2) is 24.3 Å². The first kappa shape index (κ1) is 22.9. The largest absolute Gasteiger partial charge is 0.454 e. The quantitative estimate of drug-likeness (QED) is 0.480. The molecule has 2 N–H and O–H groups in total. The lowest BCUT2D eigenvalue weighted by Crippen LogP contribution is -2.50. The molecule has 1 aliphatic heterocycles. The van der Waals surface area contributed by atoms with E-state index < -0.39 is 24.5 Å². The summed E-state index contributed by atoms with van der Waals surface area (Å²) in [6, 6.07) is 5.44. The molecular formula is C24H29N3O6. The number of hydrogen-bond acceptors (Lipinski definition) is 6. The highest BCUT2D eigenvalue weighted by Crippen LogP contribution is 2.56. The second-order valence-electron chi connectivity index (χ2n) is 9.53. The van der Waals surface area contributed by atoms with Gasteiger partial charge in [-0.2, -0.15) is 0 Å². The van der Waals surface area contributed by atoms with E-state index in [1.54, 1.807) is 38.1 Å². The van der Waals surface area contributed by atoms with Crippen LogP contribution in [0.1, 0.15) is 40.0 Å². The number of carbonyl (C=O) groups excluding carboxylic acids is 5. The standard InChI is InChI=1S/C24H29N3O6/c1-12(2)21(27-22(30)19-14-4-5-15(10-14)20(19)23(27)31)24(32)33-11-18(29)26-17-8-6-16(7-9-17)25-13(3)28/h6-9,12,14-15,19-21H,4-5,10-11H2,1-3H3,(H,25,28)(H,26,29)/t14-,15-,19-,20-,21-/m0/s1. The summed E-state index contributed by atoms with van der Waals surface area (Å²) in [4.78, 5) is 63.6. The molecule has 33 heavy (non-hydrogen) atoms. The van der Waals surface area contributed by atoms with Crippen LogP contribution < -0.4 is 10.6 Å². The number of imide groups is 1. The molecule has 1 heterocycles. The molecule has 0 spiro atoms. The van der Waals surface area contributed by atoms with E-state index >= 15 is 0 Å². The van der Waals surface area contributed by atoms with Crippen LogP contribution in [-0.4, -0.2) is 47.1 Å². The second kappa shape index (κ2) is 8.96. The average molecular weight is 456 g/mol. The average Bonchev–Trinajstić information content (AvgIpc) is 3.43. The number of nitrogens with one attached hydrogen (secondary N) is 2. The van der Waals surface area contributed by atoms with Crippen molar-refractivity contribution in [1.82, 2.24) is 4.90 Å². The van der Waals surface area contributed by atoms with Crippen molar-refractivity contribution in [2.45, 2.75) is 46.1 Å². The van der Waals surface area contributed by atoms with Gasteiger partial charge in [-0.15, -0.1) is 0 Å². The van der Waals surface area contributed by atoms with Gasteiger partial charge < -0.3 is 15.4 Å². The second-order valence-corrected chi connectivity index (χ2v) is 9.53. The number of nitrogens with zero attached hydrogens (tertiary/aromatic N) is 1. The molecule has 3 aliphatic rings. The molecule has 4 rings (SSSR count). The molecule has 1 saturated heterocycles. The summed E-state index contributed by atoms with van der Waals surface area (Å²) < 4.78 is 5.22. The molecule has 2 bridgehead atoms. The van der Waals surface area contributed by atoms with E-state index in [1.807, 2.05) is 0 Å². The van der Waals surface area contributed by atoms with Crippen molar-refractivity contribution in [3.8, 4) is 0 Å². The van der Waals surface area contributed by atoms with Gasteiger partial charge in [0.2, 0.25) is 17.7 Å². The van der Waals surface area contributed by atoms with Gasteiger partial charge in [-0.3, -0.25) is 24.1 Å². The van der Waals surface area contributed by atoms with Crippen LogP contribution >= 0.6 is 0 Å². The maximum absolute atomic E-state index is 13.1. The first-order valence-electron chi connectivity index (χ1n) is 11.4. The van der Waals surface area contributed by atoms with Crippen LogP contribution in [0.2, 0.25) is 0 Å². The molecule has 4 amide bonds. The van der Waals surface area contributed by atoms with Crippen molar-refractivity contribution in [3.05, 3.63) is 24.3 Å². The van der Waals surface area contributed by atoms with E-state index in [4.69, 9.17) is 4.74 Å². The Labute approximate surface area is 192 Å². The summed E-state index contributed by atoms with van der Waals surface area (Å²) >= 11 is 0. The van der Waals surface area contributed by atoms with Gasteiger partial charge in [-0.25, -0.2) is 4.79 Å². The summed E-state index contributed by atoms with van der Waals surface area (Å²) in [5, 5.41) is 5.23. The minimum atomic E-state index is -1.04. The molecule has 2 aliphatic carbocycles. The molecule has 0 radical (unpaired) electrons. The van der Waals surface area contributed by atoms with Gasteiger partial charge in [-0.05, 0) is 61.3 Å². The number of likely N-dealkylation sites (tertiary alicyclic amines) is 1. The summed E-state index contributed by atoms with van der Waals surface area (Å²) in [6.45, 7) is 4.37. The Morgan fingerprint density at radius 2 is 1.48 bits per heavy atom. The Morgan fingerprint density at radius 3 is 1.97 bits per heavy atom. The molecule has 0 aromatic heterocycles. The number of fused-ring (bicyclic) bond motifs is 5. The highest BCUT2D eigenvalue weighted by Gasteiger charge is 2.62. The van der Waals surface area contributed by atoms with Crippen molar-refractivity contribution in [2.75, 3.05) is 17.2 Å². The zero-order valence-electron chi connectivity index (χ0n) is 19.0. The molecule has 176 valence electrons. The fraction of sp³-hybridized carbons (Fsp3) is 0.542. The molecular weight excluding hydrogens is 426 g/mol. The van der Waals surface area contributed by atoms with Crippen LogP contribution in [0.25, 0.3) is 0 Å². The van der Waals surface area contributed by atoms with Gasteiger partial charge in [0.25, 0.3) is 5.91 Å². The predicted octanol–water partition coefficient (Wildman–Crippen LogP) is 2.18. The van der Waals surface area contributed by atoms with Gasteiger partial charge in [0.05, 0.1) is 11.8 Å². The number of esters is 1. The number of amides is 4. The first-order valence-corrected chi connectivity index (χ1v) is 11.4. The van der Waals surface area contributed by atoms with Gasteiger partial charge in [0.1, 0.15) is 6.04 Å². The summed E-state index contributed by atoms with van der Waals surface area (Å²) in [6.07, 6.45) is 2.84. The minimum Gasteiger partial charge on any atom is -0.454 e. The third-order valence-electron chi connectivity index (χ3n) is 6.95. The first-order chi connectivity index (χ1) is 15.7. The third-order valence-corrected chi connectivity index (χ3v) is 6.95. The maximum Gasteiger partial charge on any atom is 0.330 e. The number of hydrogen-bond donors (Lipinski definition) is 2. The smallest absolute Gasteiger partial charge is 0.330 e. The van der Waals surface area contributed by atoms with Gasteiger partial charge in [-0.1, -0.05) is 13.8 Å². The monoisotopic (exact) mass is 455 g/mol. The summed E-state index contributed by atoms with van der Waals surface area (Å²) in [5.41, 5.74) is 1.06. The topological polar surface area (TPSA) is 122 Å². The molecule has 1 aromatic rings. The highest BCUT2D eigenvalue weighted by molar-refractivity contribution is 6.08. The van der Waals surface area contributed by atoms with E-state index in [0.717, 1.165) is 24.2 Å². The van der Waals surface area contributed by atoms with E-state index in [0.29, 0.717) is 11.4 Å². The highest BCUT2D eigenvalue weighted by atomic mass is 16.5. The molecule has 0 unspecified atom stereocenters. The number of anilines is 2. The Kier molecular flexibility index (Phi) is 6.23. The van der Waals surface area contributed by atoms with Crippen LogP contribution in [0.3, 0.4) is 0 Å². The lowest BCUT2D eigenvalue weighted by Gasteiger charge is -2.28. The lowest BCUT2D eigenvalue weighted by molar-refractivity contribution is -0.162. The lowest BCUT2D eigenvalue weighted by atomic mass is 9.81. The number of carbonyl (C=O) groups is 5. The van der Waals surface area contributed by atoms with E-state index in [2.05, 4.69) is 10.6 Å². The van der Waals surface area contributed by atoms with E-state index in [1.165, 1.54) is 6.92 Å². The molecule has 9 nitrogen and oxygen atoms in total. The van der Waals surface area contributed by atoms with E-state index in [9.17, 15) is 24.0 Å².